The van der Waals surface area contributed by atoms with Crippen LogP contribution in [0.4, 0.5) is 0 Å². The van der Waals surface area contributed by atoms with Gasteiger partial charge in [0.05, 0.1) is 11.6 Å². The van der Waals surface area contributed by atoms with Gasteiger partial charge in [0.2, 0.25) is 0 Å². The van der Waals surface area contributed by atoms with Gasteiger partial charge in [-0.3, -0.25) is 0 Å². The van der Waals surface area contributed by atoms with E-state index in [0.717, 1.165) is 6.42 Å². The summed E-state index contributed by atoms with van der Waals surface area (Å²) in [4.78, 5) is 0. The first kappa shape index (κ1) is 13.7. The Morgan fingerprint density at radius 2 is 2.22 bits per heavy atom. The van der Waals surface area contributed by atoms with Crippen LogP contribution in [0.1, 0.15) is 26.3 Å². The zero-order valence-corrected chi connectivity index (χ0v) is 11.8. The van der Waals surface area contributed by atoms with Gasteiger partial charge in [-0.25, -0.2) is 0 Å². The molecule has 1 heterocycles. The highest BCUT2D eigenvalue weighted by molar-refractivity contribution is 6.32. The molecule has 100 valence electrons. The minimum Gasteiger partial charge on any atom is -0.489 e. The predicted molar refractivity (Wildman–Crippen MR) is 71.2 cm³/mol. The molecule has 1 saturated heterocycles. The summed E-state index contributed by atoms with van der Waals surface area (Å²) in [7, 11) is 0. The maximum atomic E-state index is 6.15. The van der Waals surface area contributed by atoms with Gasteiger partial charge in [0.15, 0.2) is 5.79 Å². The Balaban J connectivity index is 1.91. The minimum atomic E-state index is -0.510. The Labute approximate surface area is 113 Å². The summed E-state index contributed by atoms with van der Waals surface area (Å²) in [6.07, 6.45) is 0.926. The van der Waals surface area contributed by atoms with Gasteiger partial charge in [-0.1, -0.05) is 24.6 Å². The van der Waals surface area contributed by atoms with Crippen LogP contribution in [-0.4, -0.2) is 25.1 Å². The third-order valence-corrected chi connectivity index (χ3v) is 3.19. The van der Waals surface area contributed by atoms with Crippen LogP contribution < -0.4 is 4.74 Å². The smallest absolute Gasteiger partial charge is 0.163 e. The van der Waals surface area contributed by atoms with Crippen molar-refractivity contribution < 1.29 is 14.2 Å². The molecule has 1 aliphatic heterocycles. The fraction of sp³-hybridized carbons (Fsp3) is 0.571. The van der Waals surface area contributed by atoms with Crippen LogP contribution in [0.25, 0.3) is 0 Å². The van der Waals surface area contributed by atoms with Crippen molar-refractivity contribution in [3.05, 3.63) is 28.8 Å². The van der Waals surface area contributed by atoms with Gasteiger partial charge in [0, 0.05) is 0 Å². The number of aryl methyl sites for hydroxylation is 1. The molecular formula is C14H19ClO3. The third kappa shape index (κ3) is 3.37. The van der Waals surface area contributed by atoms with E-state index in [4.69, 9.17) is 25.8 Å². The number of benzene rings is 1. The van der Waals surface area contributed by atoms with E-state index in [1.165, 1.54) is 5.56 Å². The Hall–Kier alpha value is -0.770. The molecule has 0 saturated carbocycles. The highest BCUT2D eigenvalue weighted by Crippen LogP contribution is 2.27. The van der Waals surface area contributed by atoms with Crippen LogP contribution >= 0.6 is 11.6 Å². The number of hydrogen-bond acceptors (Lipinski definition) is 3. The Morgan fingerprint density at radius 1 is 1.44 bits per heavy atom. The molecule has 0 aliphatic carbocycles. The van der Waals surface area contributed by atoms with Crippen molar-refractivity contribution in [2.75, 3.05) is 13.2 Å². The monoisotopic (exact) mass is 270 g/mol. The molecule has 1 aromatic carbocycles. The third-order valence-electron chi connectivity index (χ3n) is 2.90. The van der Waals surface area contributed by atoms with Gasteiger partial charge in [0.1, 0.15) is 18.5 Å². The van der Waals surface area contributed by atoms with Gasteiger partial charge in [-0.15, -0.1) is 0 Å². The van der Waals surface area contributed by atoms with Gasteiger partial charge >= 0.3 is 0 Å². The first-order valence-corrected chi connectivity index (χ1v) is 6.61. The molecule has 0 aromatic heterocycles. The standard InChI is InChI=1S/C14H19ClO3/c1-4-10-5-6-13(12(15)7-10)16-8-11-9-17-14(2,3)18-11/h5-7,11H,4,8-9H2,1-3H3. The Kier molecular flexibility index (Phi) is 4.15. The summed E-state index contributed by atoms with van der Waals surface area (Å²) in [6.45, 7) is 6.90. The molecule has 0 N–H and O–H groups in total. The summed E-state index contributed by atoms with van der Waals surface area (Å²) in [5, 5.41) is 0.646. The Morgan fingerprint density at radius 3 is 2.78 bits per heavy atom. The molecule has 0 bridgehead atoms. The molecular weight excluding hydrogens is 252 g/mol. The zero-order chi connectivity index (χ0) is 13.2. The van der Waals surface area contributed by atoms with Crippen molar-refractivity contribution in [3.8, 4) is 5.75 Å². The van der Waals surface area contributed by atoms with E-state index < -0.39 is 5.79 Å². The SMILES string of the molecule is CCc1ccc(OCC2COC(C)(C)O2)c(Cl)c1. The lowest BCUT2D eigenvalue weighted by atomic mass is 10.2. The van der Waals surface area contributed by atoms with E-state index in [0.29, 0.717) is 24.0 Å². The van der Waals surface area contributed by atoms with Crippen LogP contribution in [-0.2, 0) is 15.9 Å². The lowest BCUT2D eigenvalue weighted by molar-refractivity contribution is -0.141. The molecule has 1 aliphatic rings. The second-order valence-electron chi connectivity index (χ2n) is 4.88. The van der Waals surface area contributed by atoms with Crippen molar-refractivity contribution in [2.45, 2.75) is 39.1 Å². The summed E-state index contributed by atoms with van der Waals surface area (Å²) in [5.74, 6) is 0.186. The number of rotatable bonds is 4. The van der Waals surface area contributed by atoms with Crippen LogP contribution in [0, 0.1) is 0 Å². The number of hydrogen-bond donors (Lipinski definition) is 0. The maximum Gasteiger partial charge on any atom is 0.163 e. The molecule has 3 nitrogen and oxygen atoms in total. The largest absolute Gasteiger partial charge is 0.489 e. The quantitative estimate of drug-likeness (QED) is 0.839. The second-order valence-corrected chi connectivity index (χ2v) is 5.29. The van der Waals surface area contributed by atoms with Crippen LogP contribution in [0.3, 0.4) is 0 Å². The molecule has 0 spiro atoms. The minimum absolute atomic E-state index is 0.0399. The first-order chi connectivity index (χ1) is 8.50. The van der Waals surface area contributed by atoms with E-state index in [2.05, 4.69) is 6.92 Å². The molecule has 1 atom stereocenters. The summed E-state index contributed by atoms with van der Waals surface area (Å²) in [5.41, 5.74) is 1.20. The molecule has 2 rings (SSSR count). The van der Waals surface area contributed by atoms with Gasteiger partial charge in [-0.2, -0.15) is 0 Å². The van der Waals surface area contributed by atoms with Crippen molar-refractivity contribution in [3.63, 3.8) is 0 Å². The van der Waals surface area contributed by atoms with Gasteiger partial charge in [-0.05, 0) is 38.0 Å². The molecule has 0 radical (unpaired) electrons. The summed E-state index contributed by atoms with van der Waals surface area (Å²) < 4.78 is 16.8. The van der Waals surface area contributed by atoms with Gasteiger partial charge < -0.3 is 14.2 Å². The molecule has 4 heteroatoms. The first-order valence-electron chi connectivity index (χ1n) is 6.23. The highest BCUT2D eigenvalue weighted by atomic mass is 35.5. The van der Waals surface area contributed by atoms with Crippen molar-refractivity contribution in [1.82, 2.24) is 0 Å². The highest BCUT2D eigenvalue weighted by Gasteiger charge is 2.33. The van der Waals surface area contributed by atoms with Crippen molar-refractivity contribution >= 4 is 11.6 Å². The van der Waals surface area contributed by atoms with E-state index >= 15 is 0 Å². The normalized spacial score (nSPS) is 22.1. The van der Waals surface area contributed by atoms with Crippen molar-refractivity contribution in [1.29, 1.82) is 0 Å². The van der Waals surface area contributed by atoms with E-state index in [1.54, 1.807) is 0 Å². The number of halogens is 1. The van der Waals surface area contributed by atoms with Crippen LogP contribution in [0.5, 0.6) is 5.75 Å². The zero-order valence-electron chi connectivity index (χ0n) is 11.0. The molecule has 0 amide bonds. The van der Waals surface area contributed by atoms with E-state index in [1.807, 2.05) is 32.0 Å². The average molecular weight is 271 g/mol. The number of ether oxygens (including phenoxy) is 3. The fourth-order valence-electron chi connectivity index (χ4n) is 1.91. The molecule has 1 aromatic rings. The summed E-state index contributed by atoms with van der Waals surface area (Å²) >= 11 is 6.15. The summed E-state index contributed by atoms with van der Waals surface area (Å²) in [6, 6.07) is 5.87. The lowest BCUT2D eigenvalue weighted by Gasteiger charge is -2.17. The molecule has 1 unspecified atom stereocenters. The maximum absolute atomic E-state index is 6.15. The predicted octanol–water partition coefficient (Wildman–Crippen LogP) is 3.43. The second kappa shape index (κ2) is 5.47. The van der Waals surface area contributed by atoms with Gasteiger partial charge in [0.25, 0.3) is 0 Å². The van der Waals surface area contributed by atoms with Crippen LogP contribution in [0.15, 0.2) is 18.2 Å². The molecule has 1 fully saturated rings. The van der Waals surface area contributed by atoms with E-state index in [9.17, 15) is 0 Å². The topological polar surface area (TPSA) is 27.7 Å². The van der Waals surface area contributed by atoms with E-state index in [-0.39, 0.29) is 6.10 Å². The van der Waals surface area contributed by atoms with Crippen LogP contribution in [0.2, 0.25) is 5.02 Å². The fourth-order valence-corrected chi connectivity index (χ4v) is 2.17. The van der Waals surface area contributed by atoms with Crippen molar-refractivity contribution in [2.24, 2.45) is 0 Å². The molecule has 18 heavy (non-hydrogen) atoms. The Bertz CT molecular complexity index is 418. The average Bonchev–Trinajstić information content (AvgIpc) is 2.67. The lowest BCUT2D eigenvalue weighted by Crippen LogP contribution is -2.25.